The molecule has 2 saturated heterocycles. The zero-order chi connectivity index (χ0) is 49.5. The molecule has 396 valence electrons. The highest BCUT2D eigenvalue weighted by atomic mass is 16.7. The molecule has 2 fully saturated rings. The van der Waals surface area contributed by atoms with E-state index in [0.29, 0.717) is 13.0 Å². The predicted molar refractivity (Wildman–Crippen MR) is 266 cm³/mol. The number of hydrogen-bond donors (Lipinski definition) is 7. The van der Waals surface area contributed by atoms with Gasteiger partial charge in [0.25, 0.3) is 0 Å². The molecule has 68 heavy (non-hydrogen) atoms. The zero-order valence-corrected chi connectivity index (χ0v) is 42.1. The lowest BCUT2D eigenvalue weighted by Crippen LogP contribution is -2.61. The topological polar surface area (TPSA) is 214 Å². The van der Waals surface area contributed by atoms with Gasteiger partial charge in [-0.05, 0) is 51.4 Å². The molecule has 2 rings (SSSR count). The van der Waals surface area contributed by atoms with Gasteiger partial charge in [0.1, 0.15) is 54.9 Å². The number of hydrogen-bond acceptors (Lipinski definition) is 14. The first-order valence-corrected chi connectivity index (χ1v) is 26.7. The summed E-state index contributed by atoms with van der Waals surface area (Å²) >= 11 is 0. The van der Waals surface area contributed by atoms with Gasteiger partial charge < -0.3 is 64.2 Å². The minimum absolute atomic E-state index is 0.0460. The molecular formula is C54H96O14. The van der Waals surface area contributed by atoms with Crippen molar-refractivity contribution >= 4 is 5.97 Å². The molecule has 0 amide bonds. The van der Waals surface area contributed by atoms with Gasteiger partial charge in [0, 0.05) is 13.0 Å². The fourth-order valence-electron chi connectivity index (χ4n) is 8.28. The van der Waals surface area contributed by atoms with Crippen molar-refractivity contribution in [2.75, 3.05) is 33.0 Å². The number of carbonyl (C=O) groups excluding carboxylic acids is 1. The summed E-state index contributed by atoms with van der Waals surface area (Å²) < 4.78 is 34.3. The van der Waals surface area contributed by atoms with Gasteiger partial charge in [-0.2, -0.15) is 0 Å². The lowest BCUT2D eigenvalue weighted by Gasteiger charge is -2.42. The van der Waals surface area contributed by atoms with E-state index in [-0.39, 0.29) is 19.6 Å². The van der Waals surface area contributed by atoms with E-state index in [2.05, 4.69) is 62.5 Å². The van der Waals surface area contributed by atoms with Crippen molar-refractivity contribution < 1.29 is 69.0 Å². The van der Waals surface area contributed by atoms with E-state index in [1.807, 2.05) is 0 Å². The maximum Gasteiger partial charge on any atom is 0.306 e. The molecule has 0 radical (unpaired) electrons. The Balaban J connectivity index is 1.76. The van der Waals surface area contributed by atoms with Crippen LogP contribution >= 0.6 is 0 Å². The Kier molecular flexibility index (Phi) is 37.9. The number of rotatable bonds is 42. The Hall–Kier alpha value is -2.05. The van der Waals surface area contributed by atoms with E-state index in [0.717, 1.165) is 57.8 Å². The molecule has 0 aromatic heterocycles. The van der Waals surface area contributed by atoms with Crippen molar-refractivity contribution in [3.05, 3.63) is 48.6 Å². The molecular weight excluding hydrogens is 873 g/mol. The Bertz CT molecular complexity index is 1310. The zero-order valence-electron chi connectivity index (χ0n) is 42.1. The van der Waals surface area contributed by atoms with Crippen LogP contribution in [-0.4, -0.2) is 142 Å². The number of allylic oxidation sites excluding steroid dienone is 8. The lowest BCUT2D eigenvalue weighted by atomic mass is 9.98. The molecule has 14 nitrogen and oxygen atoms in total. The summed E-state index contributed by atoms with van der Waals surface area (Å²) in [6.45, 7) is 3.53. The van der Waals surface area contributed by atoms with Crippen LogP contribution in [0, 0.1) is 0 Å². The first kappa shape index (κ1) is 62.1. The summed E-state index contributed by atoms with van der Waals surface area (Å²) in [5, 5.41) is 72.2. The van der Waals surface area contributed by atoms with Crippen molar-refractivity contribution in [3.8, 4) is 0 Å². The minimum Gasteiger partial charge on any atom is -0.457 e. The third-order valence-corrected chi connectivity index (χ3v) is 12.6. The first-order valence-electron chi connectivity index (χ1n) is 26.7. The van der Waals surface area contributed by atoms with Gasteiger partial charge in [0.05, 0.1) is 26.4 Å². The third kappa shape index (κ3) is 28.7. The second-order valence-electron chi connectivity index (χ2n) is 18.7. The van der Waals surface area contributed by atoms with Gasteiger partial charge in [-0.3, -0.25) is 4.79 Å². The maximum atomic E-state index is 13.0. The summed E-state index contributed by atoms with van der Waals surface area (Å²) in [6, 6.07) is 0. The van der Waals surface area contributed by atoms with Gasteiger partial charge in [0.15, 0.2) is 12.6 Å². The normalized spacial score (nSPS) is 26.2. The SMILES string of the molecule is CC/C=C\C/C=C\C/C=C\C/C=C\CCCCC(=O)OC(COCCCCCCCCCCCCCCCCCCCCC)COC1OC(COC2OC(CO)C(O)C(O)C2O)C(O)C(O)C1O. The van der Waals surface area contributed by atoms with Crippen LogP contribution in [0.5, 0.6) is 0 Å². The second kappa shape index (κ2) is 41.6. The molecule has 0 saturated carbocycles. The van der Waals surface area contributed by atoms with E-state index in [4.69, 9.17) is 28.4 Å². The van der Waals surface area contributed by atoms with Crippen molar-refractivity contribution in [3.63, 3.8) is 0 Å². The highest BCUT2D eigenvalue weighted by Gasteiger charge is 2.47. The smallest absolute Gasteiger partial charge is 0.306 e. The molecule has 0 spiro atoms. The summed E-state index contributed by atoms with van der Waals surface area (Å²) in [5.74, 6) is -0.415. The molecule has 14 heteroatoms. The fraction of sp³-hybridized carbons (Fsp3) is 0.833. The lowest BCUT2D eigenvalue weighted by molar-refractivity contribution is -0.332. The third-order valence-electron chi connectivity index (χ3n) is 12.6. The molecule has 11 unspecified atom stereocenters. The molecule has 2 aliphatic heterocycles. The number of esters is 1. The maximum absolute atomic E-state index is 13.0. The number of unbranched alkanes of at least 4 members (excludes halogenated alkanes) is 20. The molecule has 7 N–H and O–H groups in total. The highest BCUT2D eigenvalue weighted by Crippen LogP contribution is 2.26. The van der Waals surface area contributed by atoms with E-state index in [9.17, 15) is 40.5 Å². The van der Waals surface area contributed by atoms with E-state index < -0.39 is 86.7 Å². The minimum atomic E-state index is -1.71. The van der Waals surface area contributed by atoms with E-state index >= 15 is 0 Å². The molecule has 11 atom stereocenters. The van der Waals surface area contributed by atoms with Crippen LogP contribution in [0.15, 0.2) is 48.6 Å². The predicted octanol–water partition coefficient (Wildman–Crippen LogP) is 8.35. The largest absolute Gasteiger partial charge is 0.457 e. The molecule has 0 aliphatic carbocycles. The monoisotopic (exact) mass is 969 g/mol. The number of carbonyl (C=O) groups is 1. The van der Waals surface area contributed by atoms with E-state index in [1.54, 1.807) is 0 Å². The van der Waals surface area contributed by atoms with Gasteiger partial charge >= 0.3 is 5.97 Å². The summed E-state index contributed by atoms with van der Waals surface area (Å²) in [5.41, 5.74) is 0. The highest BCUT2D eigenvalue weighted by molar-refractivity contribution is 5.69. The van der Waals surface area contributed by atoms with Crippen LogP contribution in [0.1, 0.15) is 187 Å². The standard InChI is InChI=1S/C54H96O14/c1-3-5-7-9-11-13-15-17-19-20-21-22-24-26-28-30-32-34-36-38-63-40-43(66-46(56)37-35-33-31-29-27-25-23-18-16-14-12-10-8-6-4-2)41-64-53-52(62)50(60)48(58)45(68-53)42-65-54-51(61)49(59)47(57)44(39-55)67-54/h6,8,12,14,18,23,27,29,43-45,47-55,57-62H,3-5,7,9-11,13,15-17,19-22,24-26,28,30-42H2,1-2H3/b8-6-,14-12-,23-18-,29-27-. The molecule has 0 bridgehead atoms. The van der Waals surface area contributed by atoms with E-state index in [1.165, 1.54) is 103 Å². The van der Waals surface area contributed by atoms with Gasteiger partial charge in [-0.25, -0.2) is 0 Å². The van der Waals surface area contributed by atoms with Crippen LogP contribution in [0.4, 0.5) is 0 Å². The van der Waals surface area contributed by atoms with Gasteiger partial charge in [-0.1, -0.05) is 178 Å². The van der Waals surface area contributed by atoms with Crippen LogP contribution in [-0.2, 0) is 33.2 Å². The van der Waals surface area contributed by atoms with Crippen LogP contribution < -0.4 is 0 Å². The van der Waals surface area contributed by atoms with Gasteiger partial charge in [0.2, 0.25) is 0 Å². The summed E-state index contributed by atoms with van der Waals surface area (Å²) in [6.07, 6.45) is 31.8. The molecule has 2 heterocycles. The number of ether oxygens (including phenoxy) is 6. The van der Waals surface area contributed by atoms with Crippen LogP contribution in [0.25, 0.3) is 0 Å². The van der Waals surface area contributed by atoms with Crippen LogP contribution in [0.3, 0.4) is 0 Å². The number of aliphatic hydroxyl groups excluding tert-OH is 7. The Morgan fingerprint density at radius 3 is 1.47 bits per heavy atom. The summed E-state index contributed by atoms with van der Waals surface area (Å²) in [7, 11) is 0. The first-order chi connectivity index (χ1) is 33.1. The number of aliphatic hydroxyl groups is 7. The van der Waals surface area contributed by atoms with Crippen molar-refractivity contribution in [1.82, 2.24) is 0 Å². The Morgan fingerprint density at radius 1 is 0.500 bits per heavy atom. The molecule has 0 aromatic rings. The quantitative estimate of drug-likeness (QED) is 0.0174. The van der Waals surface area contributed by atoms with Crippen LogP contribution in [0.2, 0.25) is 0 Å². The van der Waals surface area contributed by atoms with Crippen molar-refractivity contribution in [1.29, 1.82) is 0 Å². The van der Waals surface area contributed by atoms with Crippen molar-refractivity contribution in [2.24, 2.45) is 0 Å². The average molecular weight is 969 g/mol. The molecule has 0 aromatic carbocycles. The fourth-order valence-corrected chi connectivity index (χ4v) is 8.28. The summed E-state index contributed by atoms with van der Waals surface area (Å²) in [4.78, 5) is 13.0. The average Bonchev–Trinajstić information content (AvgIpc) is 3.33. The molecule has 2 aliphatic rings. The van der Waals surface area contributed by atoms with Crippen molar-refractivity contribution in [2.45, 2.75) is 255 Å². The second-order valence-corrected chi connectivity index (χ2v) is 18.7. The van der Waals surface area contributed by atoms with Gasteiger partial charge in [-0.15, -0.1) is 0 Å². The Labute approximate surface area is 410 Å². The Morgan fingerprint density at radius 2 is 0.956 bits per heavy atom.